The molecule has 1 heterocycles. The predicted octanol–water partition coefficient (Wildman–Crippen LogP) is 3.89. The van der Waals surface area contributed by atoms with Gasteiger partial charge >= 0.3 is 0 Å². The van der Waals surface area contributed by atoms with Crippen molar-refractivity contribution in [1.29, 1.82) is 0 Å². The van der Waals surface area contributed by atoms with E-state index in [2.05, 4.69) is 28.9 Å². The molecule has 1 aromatic rings. The van der Waals surface area contributed by atoms with E-state index in [4.69, 9.17) is 11.6 Å². The maximum Gasteiger partial charge on any atom is 0.254 e. The molecule has 2 rings (SSSR count). The van der Waals surface area contributed by atoms with Gasteiger partial charge in [-0.2, -0.15) is 0 Å². The number of nitrogens with zero attached hydrogens (tertiary/aromatic N) is 1. The summed E-state index contributed by atoms with van der Waals surface area (Å²) in [7, 11) is 0. The van der Waals surface area contributed by atoms with Crippen molar-refractivity contribution in [3.05, 3.63) is 44.9 Å². The van der Waals surface area contributed by atoms with Gasteiger partial charge in [-0.1, -0.05) is 23.3 Å². The van der Waals surface area contributed by atoms with Crippen LogP contribution in [0.15, 0.2) is 34.3 Å². The number of rotatable bonds is 1. The first-order chi connectivity index (χ1) is 8.08. The molecule has 0 aliphatic carbocycles. The molecule has 2 nitrogen and oxygen atoms in total. The van der Waals surface area contributed by atoms with E-state index in [1.165, 1.54) is 5.57 Å². The minimum atomic E-state index is 0.0646. The second-order valence-electron chi connectivity index (χ2n) is 4.19. The summed E-state index contributed by atoms with van der Waals surface area (Å²) in [5.74, 6) is 0.0646. The average molecular weight is 315 g/mol. The van der Waals surface area contributed by atoms with Gasteiger partial charge in [0.25, 0.3) is 5.91 Å². The van der Waals surface area contributed by atoms with Gasteiger partial charge in [0.2, 0.25) is 0 Å². The standard InChI is InChI=1S/C13H13BrClNO/c1-9-3-2-6-16(8-9)13(17)10-4-5-12(15)11(14)7-10/h3-5,7H,2,6,8H2,1H3. The summed E-state index contributed by atoms with van der Waals surface area (Å²) >= 11 is 9.25. The number of carbonyl (C=O) groups excluding carboxylic acids is 1. The summed E-state index contributed by atoms with van der Waals surface area (Å²) in [6.07, 6.45) is 3.12. The minimum Gasteiger partial charge on any atom is -0.334 e. The highest BCUT2D eigenvalue weighted by molar-refractivity contribution is 9.10. The van der Waals surface area contributed by atoms with Gasteiger partial charge in [-0.25, -0.2) is 0 Å². The molecule has 0 saturated carbocycles. The molecule has 1 aliphatic heterocycles. The van der Waals surface area contributed by atoms with Gasteiger partial charge in [-0.15, -0.1) is 0 Å². The fourth-order valence-corrected chi connectivity index (χ4v) is 2.39. The number of amides is 1. The van der Waals surface area contributed by atoms with Gasteiger partial charge in [0.05, 0.1) is 5.02 Å². The van der Waals surface area contributed by atoms with Gasteiger partial charge in [-0.3, -0.25) is 4.79 Å². The van der Waals surface area contributed by atoms with Crippen LogP contribution in [0.3, 0.4) is 0 Å². The lowest BCUT2D eigenvalue weighted by Gasteiger charge is -2.26. The first kappa shape index (κ1) is 12.7. The van der Waals surface area contributed by atoms with Crippen LogP contribution in [0, 0.1) is 0 Å². The Labute approximate surface area is 114 Å². The Morgan fingerprint density at radius 1 is 1.47 bits per heavy atom. The van der Waals surface area contributed by atoms with Gasteiger partial charge in [0.15, 0.2) is 0 Å². The van der Waals surface area contributed by atoms with Crippen LogP contribution in [-0.4, -0.2) is 23.9 Å². The van der Waals surface area contributed by atoms with E-state index < -0.39 is 0 Å². The van der Waals surface area contributed by atoms with Crippen LogP contribution in [0.25, 0.3) is 0 Å². The minimum absolute atomic E-state index is 0.0646. The van der Waals surface area contributed by atoms with Crippen LogP contribution < -0.4 is 0 Å². The van der Waals surface area contributed by atoms with Crippen molar-refractivity contribution in [2.75, 3.05) is 13.1 Å². The third-order valence-electron chi connectivity index (χ3n) is 2.79. The second-order valence-corrected chi connectivity index (χ2v) is 5.46. The first-order valence-electron chi connectivity index (χ1n) is 5.48. The van der Waals surface area contributed by atoms with Gasteiger partial charge in [-0.05, 0) is 47.5 Å². The molecule has 17 heavy (non-hydrogen) atoms. The molecule has 0 saturated heterocycles. The number of halogens is 2. The van der Waals surface area contributed by atoms with E-state index in [0.717, 1.165) is 24.0 Å². The highest BCUT2D eigenvalue weighted by Crippen LogP contribution is 2.24. The Hall–Kier alpha value is -0.800. The average Bonchev–Trinajstić information content (AvgIpc) is 2.32. The highest BCUT2D eigenvalue weighted by atomic mass is 79.9. The van der Waals surface area contributed by atoms with Crippen molar-refractivity contribution >= 4 is 33.4 Å². The fourth-order valence-electron chi connectivity index (χ4n) is 1.90. The predicted molar refractivity (Wildman–Crippen MR) is 73.4 cm³/mol. The van der Waals surface area contributed by atoms with Crippen molar-refractivity contribution in [3.8, 4) is 0 Å². The van der Waals surface area contributed by atoms with Crippen LogP contribution in [-0.2, 0) is 0 Å². The molecule has 0 radical (unpaired) electrons. The summed E-state index contributed by atoms with van der Waals surface area (Å²) < 4.78 is 0.759. The molecule has 0 spiro atoms. The SMILES string of the molecule is CC1=CCCN(C(=O)c2ccc(Cl)c(Br)c2)C1. The van der Waals surface area contributed by atoms with E-state index in [0.29, 0.717) is 10.6 Å². The van der Waals surface area contributed by atoms with Gasteiger partial charge < -0.3 is 4.90 Å². The zero-order valence-corrected chi connectivity index (χ0v) is 11.9. The van der Waals surface area contributed by atoms with Crippen LogP contribution in [0.1, 0.15) is 23.7 Å². The Morgan fingerprint density at radius 3 is 2.88 bits per heavy atom. The quantitative estimate of drug-likeness (QED) is 0.720. The molecule has 0 bridgehead atoms. The lowest BCUT2D eigenvalue weighted by Crippen LogP contribution is -2.35. The van der Waals surface area contributed by atoms with Crippen LogP contribution in [0.5, 0.6) is 0 Å². The molecule has 90 valence electrons. The Bertz CT molecular complexity index is 484. The maximum atomic E-state index is 12.2. The van der Waals surface area contributed by atoms with Crippen molar-refractivity contribution in [2.45, 2.75) is 13.3 Å². The lowest BCUT2D eigenvalue weighted by atomic mass is 10.1. The van der Waals surface area contributed by atoms with Crippen molar-refractivity contribution in [3.63, 3.8) is 0 Å². The van der Waals surface area contributed by atoms with E-state index in [9.17, 15) is 4.79 Å². The van der Waals surface area contributed by atoms with Gasteiger partial charge in [0, 0.05) is 23.1 Å². The molecule has 1 aliphatic rings. The number of hydrogen-bond acceptors (Lipinski definition) is 1. The smallest absolute Gasteiger partial charge is 0.254 e. The number of carbonyl (C=O) groups is 1. The summed E-state index contributed by atoms with van der Waals surface area (Å²) in [5.41, 5.74) is 1.92. The molecule has 0 unspecified atom stereocenters. The molecule has 0 atom stereocenters. The topological polar surface area (TPSA) is 20.3 Å². The van der Waals surface area contributed by atoms with E-state index in [1.54, 1.807) is 18.2 Å². The van der Waals surface area contributed by atoms with Crippen LogP contribution >= 0.6 is 27.5 Å². The summed E-state index contributed by atoms with van der Waals surface area (Å²) in [6.45, 7) is 3.56. The molecular formula is C13H13BrClNO. The van der Waals surface area contributed by atoms with E-state index in [1.807, 2.05) is 4.90 Å². The Kier molecular flexibility index (Phi) is 3.89. The third-order valence-corrected chi connectivity index (χ3v) is 4.00. The summed E-state index contributed by atoms with van der Waals surface area (Å²) in [4.78, 5) is 14.1. The molecule has 0 N–H and O–H groups in total. The molecule has 1 aromatic carbocycles. The molecule has 0 fully saturated rings. The van der Waals surface area contributed by atoms with Crippen molar-refractivity contribution in [1.82, 2.24) is 4.90 Å². The molecule has 1 amide bonds. The largest absolute Gasteiger partial charge is 0.334 e. The molecular weight excluding hydrogens is 302 g/mol. The maximum absolute atomic E-state index is 12.2. The monoisotopic (exact) mass is 313 g/mol. The van der Waals surface area contributed by atoms with E-state index >= 15 is 0 Å². The Morgan fingerprint density at radius 2 is 2.24 bits per heavy atom. The Balaban J connectivity index is 2.19. The van der Waals surface area contributed by atoms with Crippen LogP contribution in [0.4, 0.5) is 0 Å². The molecule has 0 aromatic heterocycles. The van der Waals surface area contributed by atoms with E-state index in [-0.39, 0.29) is 5.91 Å². The summed E-state index contributed by atoms with van der Waals surface area (Å²) in [6, 6.07) is 5.28. The number of hydrogen-bond donors (Lipinski definition) is 0. The first-order valence-corrected chi connectivity index (χ1v) is 6.65. The van der Waals surface area contributed by atoms with Crippen LogP contribution in [0.2, 0.25) is 5.02 Å². The van der Waals surface area contributed by atoms with Crippen molar-refractivity contribution < 1.29 is 4.79 Å². The highest BCUT2D eigenvalue weighted by Gasteiger charge is 2.18. The lowest BCUT2D eigenvalue weighted by molar-refractivity contribution is 0.0766. The molecule has 4 heteroatoms. The van der Waals surface area contributed by atoms with Gasteiger partial charge in [0.1, 0.15) is 0 Å². The van der Waals surface area contributed by atoms with Crippen molar-refractivity contribution in [2.24, 2.45) is 0 Å². The summed E-state index contributed by atoms with van der Waals surface area (Å²) in [5, 5.41) is 0.622. The zero-order chi connectivity index (χ0) is 12.4. The second kappa shape index (κ2) is 5.23. The normalized spacial score (nSPS) is 15.7. The number of benzene rings is 1. The zero-order valence-electron chi connectivity index (χ0n) is 9.54. The fraction of sp³-hybridized carbons (Fsp3) is 0.308. The third kappa shape index (κ3) is 2.90.